The van der Waals surface area contributed by atoms with Crippen LogP contribution in [0.15, 0.2) is 0 Å². The lowest BCUT2D eigenvalue weighted by atomic mass is 10.2. The zero-order valence-corrected chi connectivity index (χ0v) is 12.6. The van der Waals surface area contributed by atoms with Crippen molar-refractivity contribution >= 4 is 0 Å². The summed E-state index contributed by atoms with van der Waals surface area (Å²) in [6.07, 6.45) is 9.99. The molecular weight excluding hydrogens is 254 g/mol. The summed E-state index contributed by atoms with van der Waals surface area (Å²) in [6, 6.07) is 2.15. The average molecular weight is 283 g/mol. The number of hydrogen-bond acceptors (Lipinski definition) is 4. The molecule has 0 saturated carbocycles. The molecule has 0 amide bonds. The molecule has 1 heterocycles. The highest BCUT2D eigenvalue weighted by Crippen LogP contribution is 2.12. The SMILES string of the molecule is N#CCCCCOCCCCCCOCC1CCCO1. The smallest absolute Gasteiger partial charge is 0.0809 e. The molecule has 1 aliphatic rings. The van der Waals surface area contributed by atoms with E-state index in [0.717, 1.165) is 65.1 Å². The molecule has 116 valence electrons. The Morgan fingerprint density at radius 1 is 0.950 bits per heavy atom. The van der Waals surface area contributed by atoms with Crippen molar-refractivity contribution in [1.29, 1.82) is 5.26 Å². The Morgan fingerprint density at radius 2 is 1.65 bits per heavy atom. The molecular formula is C16H29NO3. The molecule has 1 saturated heterocycles. The maximum absolute atomic E-state index is 8.38. The van der Waals surface area contributed by atoms with Gasteiger partial charge in [-0.25, -0.2) is 0 Å². The summed E-state index contributed by atoms with van der Waals surface area (Å²) >= 11 is 0. The second-order valence-corrected chi connectivity index (χ2v) is 5.35. The molecule has 0 N–H and O–H groups in total. The monoisotopic (exact) mass is 283 g/mol. The molecule has 4 heteroatoms. The molecule has 1 fully saturated rings. The fourth-order valence-electron chi connectivity index (χ4n) is 2.26. The fourth-order valence-corrected chi connectivity index (χ4v) is 2.26. The normalized spacial score (nSPS) is 18.2. The van der Waals surface area contributed by atoms with E-state index in [9.17, 15) is 0 Å². The van der Waals surface area contributed by atoms with Gasteiger partial charge in [-0.1, -0.05) is 12.8 Å². The van der Waals surface area contributed by atoms with E-state index in [1.54, 1.807) is 0 Å². The van der Waals surface area contributed by atoms with Crippen LogP contribution in [0.3, 0.4) is 0 Å². The molecule has 0 spiro atoms. The topological polar surface area (TPSA) is 51.5 Å². The van der Waals surface area contributed by atoms with Crippen LogP contribution < -0.4 is 0 Å². The maximum atomic E-state index is 8.38. The molecule has 1 atom stereocenters. The van der Waals surface area contributed by atoms with Crippen LogP contribution >= 0.6 is 0 Å². The molecule has 0 bridgehead atoms. The first kappa shape index (κ1) is 17.4. The molecule has 0 aromatic carbocycles. The third kappa shape index (κ3) is 10.2. The Labute approximate surface area is 123 Å². The average Bonchev–Trinajstić information content (AvgIpc) is 2.97. The molecule has 0 aromatic heterocycles. The first-order valence-electron chi connectivity index (χ1n) is 8.07. The van der Waals surface area contributed by atoms with Crippen molar-refractivity contribution in [2.24, 2.45) is 0 Å². The predicted molar refractivity (Wildman–Crippen MR) is 78.5 cm³/mol. The van der Waals surface area contributed by atoms with Crippen molar-refractivity contribution in [3.8, 4) is 6.07 Å². The number of rotatable bonds is 13. The Bertz CT molecular complexity index is 247. The quantitative estimate of drug-likeness (QED) is 0.486. The van der Waals surface area contributed by atoms with Gasteiger partial charge in [0.15, 0.2) is 0 Å². The number of nitrogens with zero attached hydrogens (tertiary/aromatic N) is 1. The van der Waals surface area contributed by atoms with Crippen molar-refractivity contribution in [1.82, 2.24) is 0 Å². The van der Waals surface area contributed by atoms with Crippen LogP contribution in [0.25, 0.3) is 0 Å². The third-order valence-corrected chi connectivity index (χ3v) is 3.48. The number of hydrogen-bond donors (Lipinski definition) is 0. The highest BCUT2D eigenvalue weighted by atomic mass is 16.5. The van der Waals surface area contributed by atoms with Crippen molar-refractivity contribution in [2.75, 3.05) is 33.0 Å². The van der Waals surface area contributed by atoms with E-state index in [-0.39, 0.29) is 0 Å². The van der Waals surface area contributed by atoms with Crippen molar-refractivity contribution in [2.45, 2.75) is 63.9 Å². The highest BCUT2D eigenvalue weighted by molar-refractivity contribution is 4.67. The summed E-state index contributed by atoms with van der Waals surface area (Å²) in [5.41, 5.74) is 0. The van der Waals surface area contributed by atoms with Gasteiger partial charge in [-0.15, -0.1) is 0 Å². The molecule has 20 heavy (non-hydrogen) atoms. The van der Waals surface area contributed by atoms with E-state index in [2.05, 4.69) is 6.07 Å². The van der Waals surface area contributed by atoms with Crippen LogP contribution in [0.4, 0.5) is 0 Å². The first-order valence-corrected chi connectivity index (χ1v) is 8.07. The number of unbranched alkanes of at least 4 members (excludes halogenated alkanes) is 5. The van der Waals surface area contributed by atoms with Gasteiger partial charge in [-0.3, -0.25) is 0 Å². The number of nitriles is 1. The molecule has 1 aliphatic heterocycles. The lowest BCUT2D eigenvalue weighted by molar-refractivity contribution is 0.0159. The molecule has 1 rings (SSSR count). The summed E-state index contributed by atoms with van der Waals surface area (Å²) in [7, 11) is 0. The van der Waals surface area contributed by atoms with Gasteiger partial charge in [0, 0.05) is 32.8 Å². The van der Waals surface area contributed by atoms with Gasteiger partial charge >= 0.3 is 0 Å². The van der Waals surface area contributed by atoms with Crippen LogP contribution in [0.2, 0.25) is 0 Å². The van der Waals surface area contributed by atoms with Crippen molar-refractivity contribution < 1.29 is 14.2 Å². The summed E-state index contributed by atoms with van der Waals surface area (Å²) in [5.74, 6) is 0. The van der Waals surface area contributed by atoms with E-state index >= 15 is 0 Å². The summed E-state index contributed by atoms with van der Waals surface area (Å²) in [5, 5.41) is 8.38. The van der Waals surface area contributed by atoms with Gasteiger partial charge in [0.1, 0.15) is 0 Å². The number of ether oxygens (including phenoxy) is 3. The van der Waals surface area contributed by atoms with E-state index in [1.165, 1.54) is 19.3 Å². The minimum atomic E-state index is 0.351. The second kappa shape index (κ2) is 13.4. The molecule has 0 aromatic rings. The van der Waals surface area contributed by atoms with E-state index in [0.29, 0.717) is 12.5 Å². The third-order valence-electron chi connectivity index (χ3n) is 3.48. The minimum Gasteiger partial charge on any atom is -0.381 e. The Kier molecular flexibility index (Phi) is 11.6. The highest BCUT2D eigenvalue weighted by Gasteiger charge is 2.14. The van der Waals surface area contributed by atoms with Gasteiger partial charge < -0.3 is 14.2 Å². The molecule has 1 unspecified atom stereocenters. The van der Waals surface area contributed by atoms with Crippen LogP contribution in [-0.2, 0) is 14.2 Å². The fraction of sp³-hybridized carbons (Fsp3) is 0.938. The van der Waals surface area contributed by atoms with E-state index in [1.807, 2.05) is 0 Å². The van der Waals surface area contributed by atoms with Crippen LogP contribution in [0.5, 0.6) is 0 Å². The molecule has 4 nitrogen and oxygen atoms in total. The first-order chi connectivity index (χ1) is 9.93. The summed E-state index contributed by atoms with van der Waals surface area (Å²) < 4.78 is 16.6. The lowest BCUT2D eigenvalue weighted by Crippen LogP contribution is -2.14. The zero-order valence-electron chi connectivity index (χ0n) is 12.6. The predicted octanol–water partition coefficient (Wildman–Crippen LogP) is 3.45. The van der Waals surface area contributed by atoms with Gasteiger partial charge in [-0.05, 0) is 38.5 Å². The van der Waals surface area contributed by atoms with Crippen LogP contribution in [0.1, 0.15) is 57.8 Å². The Hall–Kier alpha value is -0.630. The maximum Gasteiger partial charge on any atom is 0.0809 e. The summed E-state index contributed by atoms with van der Waals surface area (Å²) in [6.45, 7) is 4.18. The second-order valence-electron chi connectivity index (χ2n) is 5.35. The molecule has 0 aliphatic carbocycles. The standard InChI is InChI=1S/C16H29NO3/c17-10-4-3-7-12-18-11-5-1-2-6-13-19-15-16-9-8-14-20-16/h16H,1-9,11-15H2. The largest absolute Gasteiger partial charge is 0.381 e. The van der Waals surface area contributed by atoms with Gasteiger partial charge in [-0.2, -0.15) is 5.26 Å². The minimum absolute atomic E-state index is 0.351. The van der Waals surface area contributed by atoms with Crippen molar-refractivity contribution in [3.05, 3.63) is 0 Å². The van der Waals surface area contributed by atoms with Gasteiger partial charge in [0.25, 0.3) is 0 Å². The van der Waals surface area contributed by atoms with Crippen LogP contribution in [-0.4, -0.2) is 39.1 Å². The Balaban J connectivity index is 1.67. The van der Waals surface area contributed by atoms with E-state index in [4.69, 9.17) is 19.5 Å². The van der Waals surface area contributed by atoms with Crippen LogP contribution in [0, 0.1) is 11.3 Å². The molecule has 0 radical (unpaired) electrons. The Morgan fingerprint density at radius 3 is 2.30 bits per heavy atom. The summed E-state index contributed by atoms with van der Waals surface area (Å²) in [4.78, 5) is 0. The van der Waals surface area contributed by atoms with Crippen molar-refractivity contribution in [3.63, 3.8) is 0 Å². The van der Waals surface area contributed by atoms with Gasteiger partial charge in [0.05, 0.1) is 18.8 Å². The van der Waals surface area contributed by atoms with Gasteiger partial charge in [0.2, 0.25) is 0 Å². The van der Waals surface area contributed by atoms with E-state index < -0.39 is 0 Å². The lowest BCUT2D eigenvalue weighted by Gasteiger charge is -2.09. The zero-order chi connectivity index (χ0) is 14.3.